The highest BCUT2D eigenvalue weighted by Gasteiger charge is 2.33. The van der Waals surface area contributed by atoms with Crippen LogP contribution in [-0.2, 0) is 9.53 Å². The van der Waals surface area contributed by atoms with Crippen LogP contribution < -0.4 is 0 Å². The molecule has 0 spiro atoms. The molecular weight excluding hydrogens is 354 g/mol. The first kappa shape index (κ1) is 19.1. The van der Waals surface area contributed by atoms with Crippen LogP contribution in [0, 0.1) is 11.8 Å². The molecular formula is C19H26ClN3O3. The van der Waals surface area contributed by atoms with Crippen LogP contribution in [-0.4, -0.2) is 66.0 Å². The number of likely N-dealkylation sites (tertiary alicyclic amines) is 1. The fraction of sp³-hybridized carbons (Fsp3) is 0.632. The van der Waals surface area contributed by atoms with E-state index in [4.69, 9.17) is 16.3 Å². The second-order valence-corrected chi connectivity index (χ2v) is 7.42. The van der Waals surface area contributed by atoms with Crippen molar-refractivity contribution in [3.05, 3.63) is 29.0 Å². The van der Waals surface area contributed by atoms with Crippen molar-refractivity contribution in [1.29, 1.82) is 0 Å². The lowest BCUT2D eigenvalue weighted by Crippen LogP contribution is -2.46. The average Bonchev–Trinajstić information content (AvgIpc) is 2.68. The van der Waals surface area contributed by atoms with Gasteiger partial charge in [-0.25, -0.2) is 4.98 Å². The van der Waals surface area contributed by atoms with Crippen molar-refractivity contribution in [1.82, 2.24) is 14.8 Å². The summed E-state index contributed by atoms with van der Waals surface area (Å²) in [6.45, 7) is 6.14. The minimum absolute atomic E-state index is 0.00861. The molecule has 0 radical (unpaired) electrons. The molecule has 1 aromatic heterocycles. The molecule has 6 nitrogen and oxygen atoms in total. The van der Waals surface area contributed by atoms with E-state index in [0.717, 1.165) is 12.8 Å². The summed E-state index contributed by atoms with van der Waals surface area (Å²) in [4.78, 5) is 33.0. The Morgan fingerprint density at radius 3 is 2.69 bits per heavy atom. The number of hydrogen-bond donors (Lipinski definition) is 0. The number of carbonyl (C=O) groups excluding carboxylic acids is 2. The van der Waals surface area contributed by atoms with E-state index in [1.807, 2.05) is 9.80 Å². The van der Waals surface area contributed by atoms with Gasteiger partial charge in [0.1, 0.15) is 5.15 Å². The van der Waals surface area contributed by atoms with Gasteiger partial charge in [0.15, 0.2) is 0 Å². The highest BCUT2D eigenvalue weighted by Crippen LogP contribution is 2.30. The lowest BCUT2D eigenvalue weighted by atomic mass is 9.81. The molecule has 0 aliphatic carbocycles. The van der Waals surface area contributed by atoms with E-state index in [1.54, 1.807) is 18.3 Å². The van der Waals surface area contributed by atoms with Crippen LogP contribution in [0.15, 0.2) is 18.3 Å². The number of hydrogen-bond acceptors (Lipinski definition) is 4. The Bertz CT molecular complexity index is 649. The number of ether oxygens (including phenoxy) is 1. The van der Waals surface area contributed by atoms with Gasteiger partial charge in [-0.2, -0.15) is 0 Å². The minimum atomic E-state index is -0.00861. The van der Waals surface area contributed by atoms with Gasteiger partial charge >= 0.3 is 0 Å². The second-order valence-electron chi connectivity index (χ2n) is 7.03. The van der Waals surface area contributed by atoms with Crippen molar-refractivity contribution in [2.75, 3.05) is 39.4 Å². The van der Waals surface area contributed by atoms with Crippen LogP contribution in [0.2, 0.25) is 5.15 Å². The molecule has 2 saturated heterocycles. The fourth-order valence-corrected chi connectivity index (χ4v) is 4.05. The molecule has 142 valence electrons. The van der Waals surface area contributed by atoms with Gasteiger partial charge < -0.3 is 14.5 Å². The molecule has 26 heavy (non-hydrogen) atoms. The smallest absolute Gasteiger partial charge is 0.254 e. The topological polar surface area (TPSA) is 62.7 Å². The van der Waals surface area contributed by atoms with Gasteiger partial charge in [-0.1, -0.05) is 24.9 Å². The molecule has 0 N–H and O–H groups in total. The Labute approximate surface area is 159 Å². The lowest BCUT2D eigenvalue weighted by molar-refractivity contribution is -0.137. The number of halogens is 1. The van der Waals surface area contributed by atoms with Gasteiger partial charge in [-0.05, 0) is 30.4 Å². The van der Waals surface area contributed by atoms with E-state index in [-0.39, 0.29) is 11.8 Å². The molecule has 2 aliphatic heterocycles. The van der Waals surface area contributed by atoms with Crippen LogP contribution >= 0.6 is 11.6 Å². The first-order valence-corrected chi connectivity index (χ1v) is 9.72. The summed E-state index contributed by atoms with van der Waals surface area (Å²) in [5, 5.41) is 0.328. The zero-order valence-corrected chi connectivity index (χ0v) is 16.0. The van der Waals surface area contributed by atoms with Crippen LogP contribution in [0.4, 0.5) is 0 Å². The van der Waals surface area contributed by atoms with Crippen LogP contribution in [0.5, 0.6) is 0 Å². The molecule has 0 saturated carbocycles. The highest BCUT2D eigenvalue weighted by atomic mass is 35.5. The number of nitrogens with zero attached hydrogens (tertiary/aromatic N) is 3. The zero-order chi connectivity index (χ0) is 18.5. The largest absolute Gasteiger partial charge is 0.378 e. The molecule has 3 rings (SSSR count). The third-order valence-electron chi connectivity index (χ3n) is 5.48. The van der Waals surface area contributed by atoms with E-state index in [2.05, 4.69) is 11.9 Å². The maximum Gasteiger partial charge on any atom is 0.254 e. The lowest BCUT2D eigenvalue weighted by Gasteiger charge is -2.39. The third-order valence-corrected chi connectivity index (χ3v) is 5.68. The van der Waals surface area contributed by atoms with Gasteiger partial charge in [0.25, 0.3) is 5.91 Å². The number of morpholine rings is 1. The van der Waals surface area contributed by atoms with Crippen molar-refractivity contribution in [2.24, 2.45) is 11.8 Å². The van der Waals surface area contributed by atoms with Crippen LogP contribution in [0.1, 0.15) is 36.5 Å². The molecule has 7 heteroatoms. The van der Waals surface area contributed by atoms with E-state index in [0.29, 0.717) is 68.4 Å². The molecule has 2 fully saturated rings. The number of aromatic nitrogens is 1. The normalized spacial score (nSPS) is 23.8. The van der Waals surface area contributed by atoms with Gasteiger partial charge in [-0.15, -0.1) is 0 Å². The number of amides is 2. The van der Waals surface area contributed by atoms with Crippen LogP contribution in [0.3, 0.4) is 0 Å². The van der Waals surface area contributed by atoms with Crippen LogP contribution in [0.25, 0.3) is 0 Å². The maximum absolute atomic E-state index is 12.7. The molecule has 0 unspecified atom stereocenters. The zero-order valence-electron chi connectivity index (χ0n) is 15.2. The Morgan fingerprint density at radius 1 is 1.23 bits per heavy atom. The minimum Gasteiger partial charge on any atom is -0.378 e. The third kappa shape index (κ3) is 4.54. The Morgan fingerprint density at radius 2 is 2.00 bits per heavy atom. The molecule has 0 aromatic carbocycles. The molecule has 0 bridgehead atoms. The van der Waals surface area contributed by atoms with Crippen molar-refractivity contribution in [3.8, 4) is 0 Å². The summed E-state index contributed by atoms with van der Waals surface area (Å²) in [6, 6.07) is 3.31. The van der Waals surface area contributed by atoms with Crippen molar-refractivity contribution in [3.63, 3.8) is 0 Å². The van der Waals surface area contributed by atoms with Gasteiger partial charge in [0.05, 0.1) is 13.2 Å². The predicted molar refractivity (Wildman–Crippen MR) is 99.1 cm³/mol. The monoisotopic (exact) mass is 379 g/mol. The Kier molecular flexibility index (Phi) is 6.48. The van der Waals surface area contributed by atoms with Gasteiger partial charge in [0.2, 0.25) is 5.91 Å². The number of carbonyl (C=O) groups is 2. The molecule has 2 aliphatic rings. The highest BCUT2D eigenvalue weighted by molar-refractivity contribution is 6.29. The van der Waals surface area contributed by atoms with Crippen molar-refractivity contribution < 1.29 is 14.3 Å². The summed E-state index contributed by atoms with van der Waals surface area (Å²) in [6.07, 6.45) is 3.95. The maximum atomic E-state index is 12.7. The molecule has 2 amide bonds. The van der Waals surface area contributed by atoms with E-state index >= 15 is 0 Å². The van der Waals surface area contributed by atoms with E-state index in [9.17, 15) is 9.59 Å². The predicted octanol–water partition coefficient (Wildman–Crippen LogP) is 2.47. The summed E-state index contributed by atoms with van der Waals surface area (Å²) in [5.41, 5.74) is 0.572. The summed E-state index contributed by atoms with van der Waals surface area (Å²) >= 11 is 5.91. The molecule has 3 heterocycles. The SMILES string of the molecule is CC[C@H]1CN(C(=O)c2ccnc(Cl)c2)CC[C@H]1CC(=O)N1CCOCC1. The van der Waals surface area contributed by atoms with Crippen molar-refractivity contribution in [2.45, 2.75) is 26.2 Å². The van der Waals surface area contributed by atoms with E-state index in [1.165, 1.54) is 0 Å². The number of rotatable bonds is 4. The van der Waals surface area contributed by atoms with Crippen molar-refractivity contribution >= 4 is 23.4 Å². The number of piperidine rings is 1. The quantitative estimate of drug-likeness (QED) is 0.754. The first-order valence-electron chi connectivity index (χ1n) is 9.34. The molecule has 2 atom stereocenters. The average molecular weight is 380 g/mol. The summed E-state index contributed by atoms with van der Waals surface area (Å²) in [5.74, 6) is 0.888. The van der Waals surface area contributed by atoms with E-state index < -0.39 is 0 Å². The fourth-order valence-electron chi connectivity index (χ4n) is 3.88. The Hall–Kier alpha value is -1.66. The summed E-state index contributed by atoms with van der Waals surface area (Å²) < 4.78 is 5.32. The standard InChI is InChI=1S/C19H26ClN3O3/c1-2-14-13-23(19(25)16-3-5-21-17(20)11-16)6-4-15(14)12-18(24)22-7-9-26-10-8-22/h3,5,11,14-15H,2,4,6-10,12-13H2,1H3/t14-,15-/m0/s1. The first-order chi connectivity index (χ1) is 12.6. The van der Waals surface area contributed by atoms with Gasteiger partial charge in [-0.3, -0.25) is 9.59 Å². The van der Waals surface area contributed by atoms with Gasteiger partial charge in [0, 0.05) is 44.4 Å². The summed E-state index contributed by atoms with van der Waals surface area (Å²) in [7, 11) is 0. The Balaban J connectivity index is 1.59. The molecule has 1 aromatic rings. The second kappa shape index (κ2) is 8.82. The number of pyridine rings is 1.